The Morgan fingerprint density at radius 3 is 2.95 bits per heavy atom. The topological polar surface area (TPSA) is 71.2 Å². The van der Waals surface area contributed by atoms with Gasteiger partial charge in [-0.25, -0.2) is 4.98 Å². The van der Waals surface area contributed by atoms with Crippen molar-refractivity contribution in [2.24, 2.45) is 11.7 Å². The maximum atomic E-state index is 11.7. The van der Waals surface area contributed by atoms with Gasteiger partial charge < -0.3 is 11.1 Å². The summed E-state index contributed by atoms with van der Waals surface area (Å²) in [6.45, 7) is 5.38. The molecular formula is C13H22N4OS. The molecule has 1 fully saturated rings. The minimum Gasteiger partial charge on any atom is -0.330 e. The Bertz CT molecular complexity index is 415. The highest BCUT2D eigenvalue weighted by molar-refractivity contribution is 7.13. The van der Waals surface area contributed by atoms with Gasteiger partial charge in [-0.2, -0.15) is 0 Å². The molecule has 0 radical (unpaired) electrons. The summed E-state index contributed by atoms with van der Waals surface area (Å²) in [5.41, 5.74) is 6.52. The molecule has 2 rings (SSSR count). The SMILES string of the molecule is CC(CN)C(=O)Nc1nc(CN2CCCCC2)cs1. The van der Waals surface area contributed by atoms with Crippen LogP contribution in [0.4, 0.5) is 5.13 Å². The minimum atomic E-state index is -0.172. The smallest absolute Gasteiger partial charge is 0.230 e. The number of amides is 1. The van der Waals surface area contributed by atoms with E-state index in [-0.39, 0.29) is 11.8 Å². The number of carbonyl (C=O) groups is 1. The molecule has 1 aliphatic rings. The average Bonchev–Trinajstić information content (AvgIpc) is 2.86. The van der Waals surface area contributed by atoms with E-state index in [4.69, 9.17) is 5.73 Å². The molecule has 1 aromatic rings. The van der Waals surface area contributed by atoms with Crippen LogP contribution in [0.3, 0.4) is 0 Å². The van der Waals surface area contributed by atoms with E-state index in [0.717, 1.165) is 25.3 Å². The van der Waals surface area contributed by atoms with Gasteiger partial charge in [-0.05, 0) is 25.9 Å². The van der Waals surface area contributed by atoms with Gasteiger partial charge in [0.15, 0.2) is 5.13 Å². The molecule has 106 valence electrons. The van der Waals surface area contributed by atoms with Crippen LogP contribution < -0.4 is 11.1 Å². The van der Waals surface area contributed by atoms with Crippen molar-refractivity contribution in [3.05, 3.63) is 11.1 Å². The van der Waals surface area contributed by atoms with E-state index in [1.54, 1.807) is 0 Å². The molecule has 1 saturated heterocycles. The Morgan fingerprint density at radius 1 is 1.53 bits per heavy atom. The van der Waals surface area contributed by atoms with Crippen LogP contribution >= 0.6 is 11.3 Å². The first-order valence-electron chi connectivity index (χ1n) is 6.86. The third-order valence-electron chi connectivity index (χ3n) is 3.42. The molecule has 5 nitrogen and oxygen atoms in total. The van der Waals surface area contributed by atoms with Crippen molar-refractivity contribution < 1.29 is 4.79 Å². The lowest BCUT2D eigenvalue weighted by atomic mass is 10.1. The van der Waals surface area contributed by atoms with Gasteiger partial charge in [-0.1, -0.05) is 13.3 Å². The number of likely N-dealkylation sites (tertiary alicyclic amines) is 1. The van der Waals surface area contributed by atoms with E-state index in [1.165, 1.54) is 30.6 Å². The zero-order chi connectivity index (χ0) is 13.7. The van der Waals surface area contributed by atoms with Gasteiger partial charge in [0.1, 0.15) is 0 Å². The summed E-state index contributed by atoms with van der Waals surface area (Å²) in [4.78, 5) is 18.6. The number of piperidine rings is 1. The molecule has 19 heavy (non-hydrogen) atoms. The second kappa shape index (κ2) is 6.98. The summed E-state index contributed by atoms with van der Waals surface area (Å²) in [5, 5.41) is 5.52. The Balaban J connectivity index is 1.86. The number of hydrogen-bond donors (Lipinski definition) is 2. The van der Waals surface area contributed by atoms with Crippen LogP contribution in [0, 0.1) is 5.92 Å². The highest BCUT2D eigenvalue weighted by Gasteiger charge is 2.15. The monoisotopic (exact) mass is 282 g/mol. The van der Waals surface area contributed by atoms with Crippen molar-refractivity contribution in [3.63, 3.8) is 0 Å². The normalized spacial score (nSPS) is 18.2. The Hall–Kier alpha value is -0.980. The molecule has 0 aromatic carbocycles. The number of nitrogens with two attached hydrogens (primary N) is 1. The molecule has 6 heteroatoms. The molecule has 1 aromatic heterocycles. The van der Waals surface area contributed by atoms with Gasteiger partial charge in [0.05, 0.1) is 5.69 Å². The molecule has 3 N–H and O–H groups in total. The lowest BCUT2D eigenvalue weighted by molar-refractivity contribution is -0.119. The summed E-state index contributed by atoms with van der Waals surface area (Å²) >= 11 is 1.48. The van der Waals surface area contributed by atoms with Crippen molar-refractivity contribution in [1.82, 2.24) is 9.88 Å². The van der Waals surface area contributed by atoms with Gasteiger partial charge in [-0.3, -0.25) is 9.69 Å². The van der Waals surface area contributed by atoms with E-state index in [9.17, 15) is 4.79 Å². The number of nitrogens with one attached hydrogen (secondary N) is 1. The fraction of sp³-hybridized carbons (Fsp3) is 0.692. The van der Waals surface area contributed by atoms with E-state index >= 15 is 0 Å². The summed E-state index contributed by atoms with van der Waals surface area (Å²) in [5.74, 6) is -0.226. The molecule has 0 bridgehead atoms. The molecule has 0 aliphatic carbocycles. The molecular weight excluding hydrogens is 260 g/mol. The van der Waals surface area contributed by atoms with Gasteiger partial charge in [0, 0.05) is 24.4 Å². The predicted octanol–water partition coefficient (Wildman–Crippen LogP) is 1.66. The lowest BCUT2D eigenvalue weighted by Gasteiger charge is -2.25. The quantitative estimate of drug-likeness (QED) is 0.861. The third-order valence-corrected chi connectivity index (χ3v) is 4.22. The number of rotatable bonds is 5. The van der Waals surface area contributed by atoms with Gasteiger partial charge >= 0.3 is 0 Å². The van der Waals surface area contributed by atoms with Crippen molar-refractivity contribution in [2.75, 3.05) is 25.0 Å². The first kappa shape index (κ1) is 14.4. The van der Waals surface area contributed by atoms with E-state index < -0.39 is 0 Å². The first-order chi connectivity index (χ1) is 9.19. The van der Waals surface area contributed by atoms with Gasteiger partial charge in [0.2, 0.25) is 5.91 Å². The van der Waals surface area contributed by atoms with Gasteiger partial charge in [0.25, 0.3) is 0 Å². The van der Waals surface area contributed by atoms with Crippen molar-refractivity contribution in [2.45, 2.75) is 32.7 Å². The van der Waals surface area contributed by atoms with E-state index in [1.807, 2.05) is 12.3 Å². The Labute approximate surface area is 118 Å². The molecule has 1 aliphatic heterocycles. The van der Waals surface area contributed by atoms with Crippen molar-refractivity contribution in [3.8, 4) is 0 Å². The number of nitrogens with zero attached hydrogens (tertiary/aromatic N) is 2. The molecule has 2 heterocycles. The second-order valence-corrected chi connectivity index (χ2v) is 5.96. The standard InChI is InChI=1S/C13H22N4OS/c1-10(7-14)12(18)16-13-15-11(9-19-13)8-17-5-3-2-4-6-17/h9-10H,2-8,14H2,1H3,(H,15,16,18). The van der Waals surface area contributed by atoms with Crippen molar-refractivity contribution >= 4 is 22.4 Å². The lowest BCUT2D eigenvalue weighted by Crippen LogP contribution is -2.29. The maximum absolute atomic E-state index is 11.7. The Morgan fingerprint density at radius 2 is 2.26 bits per heavy atom. The van der Waals surface area contributed by atoms with Crippen LogP contribution in [-0.2, 0) is 11.3 Å². The molecule has 1 atom stereocenters. The van der Waals surface area contributed by atoms with Crippen LogP contribution in [0.25, 0.3) is 0 Å². The highest BCUT2D eigenvalue weighted by Crippen LogP contribution is 2.19. The number of anilines is 1. The largest absolute Gasteiger partial charge is 0.330 e. The number of carbonyl (C=O) groups excluding carboxylic acids is 1. The first-order valence-corrected chi connectivity index (χ1v) is 7.74. The zero-order valence-corrected chi connectivity index (χ0v) is 12.2. The summed E-state index contributed by atoms with van der Waals surface area (Å²) in [6, 6.07) is 0. The molecule has 1 unspecified atom stereocenters. The molecule has 1 amide bonds. The van der Waals surface area contributed by atoms with Crippen molar-refractivity contribution in [1.29, 1.82) is 0 Å². The number of thiazole rings is 1. The fourth-order valence-corrected chi connectivity index (χ4v) is 2.82. The van der Waals surface area contributed by atoms with Crippen LogP contribution in [-0.4, -0.2) is 35.4 Å². The third kappa shape index (κ3) is 4.26. The van der Waals surface area contributed by atoms with E-state index in [0.29, 0.717) is 11.7 Å². The van der Waals surface area contributed by atoms with Gasteiger partial charge in [-0.15, -0.1) is 11.3 Å². The highest BCUT2D eigenvalue weighted by atomic mass is 32.1. The predicted molar refractivity (Wildman–Crippen MR) is 78.1 cm³/mol. The number of aromatic nitrogens is 1. The Kier molecular flexibility index (Phi) is 5.30. The molecule has 0 saturated carbocycles. The summed E-state index contributed by atoms with van der Waals surface area (Å²) < 4.78 is 0. The number of hydrogen-bond acceptors (Lipinski definition) is 5. The van der Waals surface area contributed by atoms with E-state index in [2.05, 4.69) is 15.2 Å². The van der Waals surface area contributed by atoms with Crippen LogP contribution in [0.5, 0.6) is 0 Å². The van der Waals surface area contributed by atoms with Crippen LogP contribution in [0.1, 0.15) is 31.9 Å². The van der Waals surface area contributed by atoms with Crippen LogP contribution in [0.15, 0.2) is 5.38 Å². The van der Waals surface area contributed by atoms with Crippen LogP contribution in [0.2, 0.25) is 0 Å². The molecule has 0 spiro atoms. The zero-order valence-electron chi connectivity index (χ0n) is 11.4. The maximum Gasteiger partial charge on any atom is 0.230 e. The average molecular weight is 282 g/mol. The summed E-state index contributed by atoms with van der Waals surface area (Å²) in [7, 11) is 0. The second-order valence-electron chi connectivity index (χ2n) is 5.11. The summed E-state index contributed by atoms with van der Waals surface area (Å²) in [6.07, 6.45) is 3.90. The minimum absolute atomic E-state index is 0.0543. The fourth-order valence-electron chi connectivity index (χ4n) is 2.12.